The second-order valence-corrected chi connectivity index (χ2v) is 10.7. The molecule has 186 valence electrons. The zero-order valence-corrected chi connectivity index (χ0v) is 20.8. The summed E-state index contributed by atoms with van der Waals surface area (Å²) in [5, 5.41) is 17.1. The molecule has 0 spiro atoms. The largest absolute Gasteiger partial charge is 0.390 e. The predicted octanol–water partition coefficient (Wildman–Crippen LogP) is 4.13. The molecule has 0 saturated carbocycles. The Morgan fingerprint density at radius 2 is 1.82 bits per heavy atom. The van der Waals surface area contributed by atoms with Crippen LogP contribution in [-0.4, -0.2) is 43.3 Å². The fourth-order valence-corrected chi connectivity index (χ4v) is 4.70. The third-order valence-corrected chi connectivity index (χ3v) is 6.17. The van der Waals surface area contributed by atoms with Crippen LogP contribution in [0.15, 0.2) is 36.4 Å². The number of halogens is 2. The van der Waals surface area contributed by atoms with Crippen molar-refractivity contribution in [1.29, 1.82) is 0 Å². The van der Waals surface area contributed by atoms with E-state index in [2.05, 4.69) is 61.6 Å². The zero-order valence-electron chi connectivity index (χ0n) is 20.8. The summed E-state index contributed by atoms with van der Waals surface area (Å²) in [6.45, 7) is 9.15. The van der Waals surface area contributed by atoms with E-state index in [0.29, 0.717) is 5.56 Å². The van der Waals surface area contributed by atoms with Gasteiger partial charge in [0.25, 0.3) is 0 Å². The minimum absolute atomic E-state index is 0.0605. The summed E-state index contributed by atoms with van der Waals surface area (Å²) in [5.41, 5.74) is 4.20. The molecule has 3 rings (SSSR count). The van der Waals surface area contributed by atoms with E-state index >= 15 is 0 Å². The first-order chi connectivity index (χ1) is 15.9. The Kier molecular flexibility index (Phi) is 8.31. The molecule has 1 aliphatic rings. The highest BCUT2D eigenvalue weighted by atomic mass is 19.1. The number of nitrogens with zero attached hydrogens (tertiary/aromatic N) is 1. The molecule has 0 fully saturated rings. The summed E-state index contributed by atoms with van der Waals surface area (Å²) >= 11 is 0. The molecule has 34 heavy (non-hydrogen) atoms. The van der Waals surface area contributed by atoms with Gasteiger partial charge in [-0.05, 0) is 59.6 Å². The van der Waals surface area contributed by atoms with E-state index < -0.39 is 23.8 Å². The lowest BCUT2D eigenvalue weighted by Gasteiger charge is -2.35. The van der Waals surface area contributed by atoms with Crippen molar-refractivity contribution in [2.45, 2.75) is 65.1 Å². The van der Waals surface area contributed by atoms with Crippen LogP contribution < -0.4 is 15.5 Å². The SMILES string of the molecule is CC(=O)NC(Cc1cc(F)cc(F)c1)C(O)CNC1CCN(C)c2ccc(CC(C)(C)C)cc21. The second kappa shape index (κ2) is 10.8. The molecule has 1 aliphatic heterocycles. The Hall–Kier alpha value is -2.51. The van der Waals surface area contributed by atoms with Crippen molar-refractivity contribution in [3.8, 4) is 0 Å². The van der Waals surface area contributed by atoms with Gasteiger partial charge < -0.3 is 20.6 Å². The fourth-order valence-electron chi connectivity index (χ4n) is 4.70. The number of amides is 1. The van der Waals surface area contributed by atoms with Gasteiger partial charge in [-0.25, -0.2) is 8.78 Å². The number of benzene rings is 2. The third-order valence-electron chi connectivity index (χ3n) is 6.17. The van der Waals surface area contributed by atoms with Gasteiger partial charge >= 0.3 is 0 Å². The van der Waals surface area contributed by atoms with Gasteiger partial charge in [0.15, 0.2) is 0 Å². The van der Waals surface area contributed by atoms with Crippen molar-refractivity contribution >= 4 is 11.6 Å². The minimum atomic E-state index is -0.934. The Morgan fingerprint density at radius 3 is 2.44 bits per heavy atom. The highest BCUT2D eigenvalue weighted by Gasteiger charge is 2.27. The molecule has 0 saturated heterocycles. The molecule has 1 heterocycles. The van der Waals surface area contributed by atoms with E-state index in [-0.39, 0.29) is 30.3 Å². The Balaban J connectivity index is 1.74. The van der Waals surface area contributed by atoms with Crippen molar-refractivity contribution in [3.05, 3.63) is 64.7 Å². The van der Waals surface area contributed by atoms with Crippen LogP contribution in [0.3, 0.4) is 0 Å². The van der Waals surface area contributed by atoms with Crippen LogP contribution in [0.1, 0.15) is 56.8 Å². The van der Waals surface area contributed by atoms with Crippen LogP contribution in [0, 0.1) is 17.0 Å². The summed E-state index contributed by atoms with van der Waals surface area (Å²) in [6, 6.07) is 9.24. The molecule has 3 unspecified atom stereocenters. The lowest BCUT2D eigenvalue weighted by molar-refractivity contribution is -0.120. The van der Waals surface area contributed by atoms with Crippen LogP contribution >= 0.6 is 0 Å². The van der Waals surface area contributed by atoms with E-state index in [1.807, 2.05) is 0 Å². The van der Waals surface area contributed by atoms with Crippen molar-refractivity contribution in [3.63, 3.8) is 0 Å². The number of aliphatic hydroxyl groups excluding tert-OH is 1. The van der Waals surface area contributed by atoms with E-state index in [4.69, 9.17) is 0 Å². The maximum absolute atomic E-state index is 13.6. The average molecular weight is 474 g/mol. The molecule has 2 aromatic rings. The minimum Gasteiger partial charge on any atom is -0.390 e. The first-order valence-corrected chi connectivity index (χ1v) is 11.9. The number of aliphatic hydroxyl groups is 1. The lowest BCUT2D eigenvalue weighted by atomic mass is 9.86. The number of nitrogens with one attached hydrogen (secondary N) is 2. The van der Waals surface area contributed by atoms with Gasteiger partial charge in [0.1, 0.15) is 11.6 Å². The van der Waals surface area contributed by atoms with Gasteiger partial charge in [0.2, 0.25) is 5.91 Å². The molecular weight excluding hydrogens is 436 g/mol. The smallest absolute Gasteiger partial charge is 0.217 e. The molecule has 3 atom stereocenters. The van der Waals surface area contributed by atoms with Gasteiger partial charge in [-0.1, -0.05) is 32.9 Å². The highest BCUT2D eigenvalue weighted by molar-refractivity contribution is 5.73. The summed E-state index contributed by atoms with van der Waals surface area (Å²) < 4.78 is 27.3. The van der Waals surface area contributed by atoms with Crippen LogP contribution in [0.2, 0.25) is 0 Å². The summed E-state index contributed by atoms with van der Waals surface area (Å²) in [4.78, 5) is 14.0. The Morgan fingerprint density at radius 1 is 1.15 bits per heavy atom. The molecule has 2 aromatic carbocycles. The summed E-state index contributed by atoms with van der Waals surface area (Å²) in [7, 11) is 2.08. The Bertz CT molecular complexity index is 986. The summed E-state index contributed by atoms with van der Waals surface area (Å²) in [5.74, 6) is -1.67. The second-order valence-electron chi connectivity index (χ2n) is 10.7. The third kappa shape index (κ3) is 7.24. The molecule has 7 heteroatoms. The fraction of sp³-hybridized carbons (Fsp3) is 0.519. The van der Waals surface area contributed by atoms with Gasteiger partial charge in [-0.15, -0.1) is 0 Å². The number of hydrogen-bond donors (Lipinski definition) is 3. The van der Waals surface area contributed by atoms with E-state index in [9.17, 15) is 18.7 Å². The molecule has 0 aromatic heterocycles. The average Bonchev–Trinajstić information content (AvgIpc) is 2.70. The molecular formula is C27H37F2N3O2. The van der Waals surface area contributed by atoms with Crippen LogP contribution in [0.25, 0.3) is 0 Å². The molecule has 5 nitrogen and oxygen atoms in total. The maximum atomic E-state index is 13.6. The van der Waals surface area contributed by atoms with Crippen molar-refractivity contribution in [2.75, 3.05) is 25.0 Å². The molecule has 0 radical (unpaired) electrons. The molecule has 0 aliphatic carbocycles. The number of carbonyl (C=O) groups is 1. The maximum Gasteiger partial charge on any atom is 0.217 e. The van der Waals surface area contributed by atoms with Crippen molar-refractivity contribution < 1.29 is 18.7 Å². The normalized spacial score (nSPS) is 17.8. The van der Waals surface area contributed by atoms with Gasteiger partial charge in [0.05, 0.1) is 12.1 Å². The number of hydrogen-bond acceptors (Lipinski definition) is 4. The van der Waals surface area contributed by atoms with E-state index in [0.717, 1.165) is 25.5 Å². The van der Waals surface area contributed by atoms with E-state index in [1.165, 1.54) is 35.9 Å². The number of fused-ring (bicyclic) bond motifs is 1. The first-order valence-electron chi connectivity index (χ1n) is 11.9. The standard InChI is InChI=1S/C27H37F2N3O2/c1-17(33)31-24(13-19-10-20(28)14-21(29)11-19)26(34)16-30-23-8-9-32(5)25-7-6-18(12-22(23)25)15-27(2,3)4/h6-7,10-12,14,23-24,26,30,34H,8-9,13,15-16H2,1-5H3,(H,31,33). The van der Waals surface area contributed by atoms with Gasteiger partial charge in [-0.2, -0.15) is 0 Å². The lowest BCUT2D eigenvalue weighted by Crippen LogP contribution is -2.49. The van der Waals surface area contributed by atoms with Gasteiger partial charge in [-0.3, -0.25) is 4.79 Å². The zero-order chi connectivity index (χ0) is 25.0. The topological polar surface area (TPSA) is 64.6 Å². The quantitative estimate of drug-likeness (QED) is 0.539. The van der Waals surface area contributed by atoms with Crippen molar-refractivity contribution in [1.82, 2.24) is 10.6 Å². The monoisotopic (exact) mass is 473 g/mol. The highest BCUT2D eigenvalue weighted by Crippen LogP contribution is 2.35. The Labute approximate surface area is 201 Å². The molecule has 0 bridgehead atoms. The van der Waals surface area contributed by atoms with Crippen LogP contribution in [-0.2, 0) is 17.6 Å². The molecule has 1 amide bonds. The van der Waals surface area contributed by atoms with Gasteiger partial charge in [0, 0.05) is 44.9 Å². The van der Waals surface area contributed by atoms with Crippen LogP contribution in [0.4, 0.5) is 14.5 Å². The first kappa shape index (κ1) is 26.1. The van der Waals surface area contributed by atoms with Crippen molar-refractivity contribution in [2.24, 2.45) is 5.41 Å². The molecule has 3 N–H and O–H groups in total. The number of anilines is 1. The van der Waals surface area contributed by atoms with Crippen LogP contribution in [0.5, 0.6) is 0 Å². The number of carbonyl (C=O) groups excluding carboxylic acids is 1. The summed E-state index contributed by atoms with van der Waals surface area (Å²) in [6.07, 6.45) is 1.04. The predicted molar refractivity (Wildman–Crippen MR) is 132 cm³/mol. The number of rotatable bonds is 8. The van der Waals surface area contributed by atoms with E-state index in [1.54, 1.807) is 0 Å².